The molecule has 1 atom stereocenters. The van der Waals surface area contributed by atoms with Crippen LogP contribution in [0.3, 0.4) is 0 Å². The molecule has 7 heteroatoms. The van der Waals surface area contributed by atoms with Gasteiger partial charge in [0.1, 0.15) is 0 Å². The van der Waals surface area contributed by atoms with E-state index in [4.69, 9.17) is 16.3 Å². The second kappa shape index (κ2) is 9.78. The minimum absolute atomic E-state index is 0.0479. The first-order valence-electron chi connectivity index (χ1n) is 9.04. The van der Waals surface area contributed by atoms with Gasteiger partial charge in [0.15, 0.2) is 0 Å². The summed E-state index contributed by atoms with van der Waals surface area (Å²) in [6.07, 6.45) is -0.268. The van der Waals surface area contributed by atoms with Gasteiger partial charge in [0, 0.05) is 31.2 Å². The largest absolute Gasteiger partial charge is 0.449 e. The second-order valence-electron chi connectivity index (χ2n) is 7.04. The van der Waals surface area contributed by atoms with E-state index >= 15 is 0 Å². The van der Waals surface area contributed by atoms with Crippen LogP contribution in [-0.4, -0.2) is 61.1 Å². The average molecular weight is 382 g/mol. The number of rotatable bonds is 6. The third kappa shape index (κ3) is 6.18. The highest BCUT2D eigenvalue weighted by atomic mass is 35.5. The van der Waals surface area contributed by atoms with E-state index < -0.39 is 0 Å². The summed E-state index contributed by atoms with van der Waals surface area (Å²) in [5.74, 6) is 0.275. The Labute approximate surface area is 160 Å². The third-order valence-corrected chi connectivity index (χ3v) is 4.63. The number of ether oxygens (including phenoxy) is 1. The molecule has 0 radical (unpaired) electrons. The molecule has 1 saturated heterocycles. The number of piperazine rings is 1. The summed E-state index contributed by atoms with van der Waals surface area (Å²) in [4.78, 5) is 28.0. The molecule has 1 aromatic carbocycles. The zero-order valence-electron chi connectivity index (χ0n) is 15.7. The fraction of sp³-hybridized carbons (Fsp3) is 0.579. The standard InChI is InChI=1S/C19H28ClN3O3/c1-14(2)13-26-19(25)23-10-8-22(9-11-23)12-18(24)21-15(3)16-6-4-5-7-17(16)20/h4-7,14-15H,8-13H2,1-3H3,(H,21,24). The molecule has 0 spiro atoms. The summed E-state index contributed by atoms with van der Waals surface area (Å²) in [7, 11) is 0. The fourth-order valence-corrected chi connectivity index (χ4v) is 3.11. The van der Waals surface area contributed by atoms with Gasteiger partial charge in [-0.2, -0.15) is 0 Å². The molecule has 1 aliphatic rings. The summed E-state index contributed by atoms with van der Waals surface area (Å²) < 4.78 is 5.25. The molecule has 0 aliphatic carbocycles. The highest BCUT2D eigenvalue weighted by Crippen LogP contribution is 2.22. The molecule has 144 valence electrons. The normalized spacial score (nSPS) is 16.4. The van der Waals surface area contributed by atoms with Crippen molar-refractivity contribution in [3.8, 4) is 0 Å². The van der Waals surface area contributed by atoms with Crippen molar-refractivity contribution in [2.45, 2.75) is 26.8 Å². The quantitative estimate of drug-likeness (QED) is 0.823. The lowest BCUT2D eigenvalue weighted by molar-refractivity contribution is -0.123. The summed E-state index contributed by atoms with van der Waals surface area (Å²) >= 11 is 6.17. The number of hydrogen-bond donors (Lipinski definition) is 1. The Morgan fingerprint density at radius 1 is 1.15 bits per heavy atom. The highest BCUT2D eigenvalue weighted by Gasteiger charge is 2.24. The van der Waals surface area contributed by atoms with Gasteiger partial charge in [0.05, 0.1) is 19.2 Å². The summed E-state index contributed by atoms with van der Waals surface area (Å²) in [5.41, 5.74) is 0.903. The first kappa shape index (κ1) is 20.5. The van der Waals surface area contributed by atoms with E-state index in [0.717, 1.165) is 5.56 Å². The van der Waals surface area contributed by atoms with Gasteiger partial charge in [0.2, 0.25) is 5.91 Å². The molecule has 6 nitrogen and oxygen atoms in total. The van der Waals surface area contributed by atoms with Crippen molar-refractivity contribution in [3.63, 3.8) is 0 Å². The Kier molecular flexibility index (Phi) is 7.72. The maximum atomic E-state index is 12.3. The first-order valence-corrected chi connectivity index (χ1v) is 9.42. The number of hydrogen-bond acceptors (Lipinski definition) is 4. The molecule has 2 rings (SSSR count). The minimum atomic E-state index is -0.268. The van der Waals surface area contributed by atoms with Crippen LogP contribution in [0.2, 0.25) is 5.02 Å². The van der Waals surface area contributed by atoms with E-state index in [1.54, 1.807) is 4.90 Å². The van der Waals surface area contributed by atoms with Crippen LogP contribution in [0, 0.1) is 5.92 Å². The van der Waals surface area contributed by atoms with Crippen LogP contribution in [0.5, 0.6) is 0 Å². The van der Waals surface area contributed by atoms with Crippen molar-refractivity contribution in [1.82, 2.24) is 15.1 Å². The van der Waals surface area contributed by atoms with Crippen LogP contribution in [0.15, 0.2) is 24.3 Å². The van der Waals surface area contributed by atoms with Gasteiger partial charge >= 0.3 is 6.09 Å². The van der Waals surface area contributed by atoms with E-state index in [0.29, 0.717) is 50.3 Å². The van der Waals surface area contributed by atoms with Gasteiger partial charge in [-0.15, -0.1) is 0 Å². The molecule has 26 heavy (non-hydrogen) atoms. The smallest absolute Gasteiger partial charge is 0.409 e. The van der Waals surface area contributed by atoms with E-state index in [1.807, 2.05) is 49.9 Å². The van der Waals surface area contributed by atoms with Crippen LogP contribution < -0.4 is 5.32 Å². The number of nitrogens with zero attached hydrogens (tertiary/aromatic N) is 2. The molecule has 1 aliphatic heterocycles. The van der Waals surface area contributed by atoms with Crippen LogP contribution >= 0.6 is 11.6 Å². The number of amides is 2. The van der Waals surface area contributed by atoms with Gasteiger partial charge in [-0.25, -0.2) is 4.79 Å². The van der Waals surface area contributed by atoms with Crippen LogP contribution in [-0.2, 0) is 9.53 Å². The highest BCUT2D eigenvalue weighted by molar-refractivity contribution is 6.31. The lowest BCUT2D eigenvalue weighted by Gasteiger charge is -2.34. The zero-order chi connectivity index (χ0) is 19.1. The lowest BCUT2D eigenvalue weighted by Crippen LogP contribution is -2.51. The van der Waals surface area contributed by atoms with Crippen molar-refractivity contribution in [2.24, 2.45) is 5.92 Å². The minimum Gasteiger partial charge on any atom is -0.449 e. The van der Waals surface area contributed by atoms with Gasteiger partial charge in [-0.1, -0.05) is 43.6 Å². The SMILES string of the molecule is CC(C)COC(=O)N1CCN(CC(=O)NC(C)c2ccccc2Cl)CC1. The van der Waals surface area contributed by atoms with Crippen molar-refractivity contribution < 1.29 is 14.3 Å². The van der Waals surface area contributed by atoms with Crippen LogP contribution in [0.4, 0.5) is 4.79 Å². The third-order valence-electron chi connectivity index (χ3n) is 4.29. The predicted octanol–water partition coefficient (Wildman–Crippen LogP) is 2.93. The molecule has 0 bridgehead atoms. The van der Waals surface area contributed by atoms with E-state index in [9.17, 15) is 9.59 Å². The fourth-order valence-electron chi connectivity index (χ4n) is 2.81. The monoisotopic (exact) mass is 381 g/mol. The Morgan fingerprint density at radius 2 is 1.81 bits per heavy atom. The second-order valence-corrected chi connectivity index (χ2v) is 7.45. The molecular weight excluding hydrogens is 354 g/mol. The van der Waals surface area contributed by atoms with Crippen LogP contribution in [0.25, 0.3) is 0 Å². The Morgan fingerprint density at radius 3 is 2.42 bits per heavy atom. The summed E-state index contributed by atoms with van der Waals surface area (Å²) in [5, 5.41) is 3.63. The van der Waals surface area contributed by atoms with Crippen molar-refractivity contribution in [3.05, 3.63) is 34.9 Å². The molecule has 1 unspecified atom stereocenters. The molecule has 1 aromatic rings. The van der Waals surface area contributed by atoms with Crippen molar-refractivity contribution >= 4 is 23.6 Å². The number of benzene rings is 1. The lowest BCUT2D eigenvalue weighted by atomic mass is 10.1. The van der Waals surface area contributed by atoms with Gasteiger partial charge < -0.3 is 15.0 Å². The van der Waals surface area contributed by atoms with E-state index in [2.05, 4.69) is 5.32 Å². The molecular formula is C19H28ClN3O3. The molecule has 1 fully saturated rings. The maximum absolute atomic E-state index is 12.3. The first-order chi connectivity index (χ1) is 12.4. The molecule has 0 aromatic heterocycles. The molecule has 1 heterocycles. The van der Waals surface area contributed by atoms with Crippen LogP contribution in [0.1, 0.15) is 32.4 Å². The predicted molar refractivity (Wildman–Crippen MR) is 102 cm³/mol. The van der Waals surface area contributed by atoms with E-state index in [1.165, 1.54) is 0 Å². The number of halogens is 1. The van der Waals surface area contributed by atoms with Gasteiger partial charge in [-0.3, -0.25) is 9.69 Å². The maximum Gasteiger partial charge on any atom is 0.409 e. The topological polar surface area (TPSA) is 61.9 Å². The Hall–Kier alpha value is -1.79. The molecule has 2 amide bonds. The Bertz CT molecular complexity index is 616. The van der Waals surface area contributed by atoms with Gasteiger partial charge in [-0.05, 0) is 24.5 Å². The van der Waals surface area contributed by atoms with Crippen molar-refractivity contribution in [1.29, 1.82) is 0 Å². The molecule has 1 N–H and O–H groups in total. The van der Waals surface area contributed by atoms with E-state index in [-0.39, 0.29) is 18.0 Å². The number of carbonyl (C=O) groups excluding carboxylic acids is 2. The Balaban J connectivity index is 1.74. The number of nitrogens with one attached hydrogen (secondary N) is 1. The summed E-state index contributed by atoms with van der Waals surface area (Å²) in [6.45, 7) is 9.14. The zero-order valence-corrected chi connectivity index (χ0v) is 16.5. The summed E-state index contributed by atoms with van der Waals surface area (Å²) in [6, 6.07) is 7.35. The molecule has 0 saturated carbocycles. The van der Waals surface area contributed by atoms with Gasteiger partial charge in [0.25, 0.3) is 0 Å². The van der Waals surface area contributed by atoms with Crippen molar-refractivity contribution in [2.75, 3.05) is 39.3 Å². The number of carbonyl (C=O) groups is 2. The average Bonchev–Trinajstić information content (AvgIpc) is 2.60.